The van der Waals surface area contributed by atoms with Gasteiger partial charge >= 0.3 is 0 Å². The molecule has 0 aromatic heterocycles. The first-order chi connectivity index (χ1) is 9.56. The number of nitrogens with zero attached hydrogens (tertiary/aromatic N) is 2. The highest BCUT2D eigenvalue weighted by Crippen LogP contribution is 2.20. The van der Waals surface area contributed by atoms with E-state index in [1.807, 2.05) is 0 Å². The van der Waals surface area contributed by atoms with E-state index in [4.69, 9.17) is 0 Å². The molecular formula is C14H20FN3O2. The van der Waals surface area contributed by atoms with Crippen LogP contribution in [-0.2, 0) is 0 Å². The maximum atomic E-state index is 13.6. The Labute approximate surface area is 117 Å². The second kappa shape index (κ2) is 6.65. The van der Waals surface area contributed by atoms with Crippen LogP contribution < -0.4 is 5.32 Å². The highest BCUT2D eigenvalue weighted by Gasteiger charge is 2.15. The van der Waals surface area contributed by atoms with Crippen molar-refractivity contribution in [3.63, 3.8) is 0 Å². The number of nitro groups is 1. The molecule has 1 aromatic carbocycles. The molecule has 1 aromatic rings. The molecular weight excluding hydrogens is 261 g/mol. The lowest BCUT2D eigenvalue weighted by atomic mass is 9.99. The average Bonchev–Trinajstić information content (AvgIpc) is 2.42. The number of likely N-dealkylation sites (tertiary alicyclic amines) is 1. The number of anilines is 1. The van der Waals surface area contributed by atoms with Gasteiger partial charge in [0.15, 0.2) is 5.82 Å². The first kappa shape index (κ1) is 14.7. The number of nitrogens with one attached hydrogen (secondary N) is 1. The lowest BCUT2D eigenvalue weighted by molar-refractivity contribution is -0.385. The van der Waals surface area contributed by atoms with Crippen LogP contribution in [0.2, 0.25) is 0 Å². The summed E-state index contributed by atoms with van der Waals surface area (Å²) in [6.07, 6.45) is 2.43. The van der Waals surface area contributed by atoms with Crippen LogP contribution >= 0.6 is 0 Å². The fraction of sp³-hybridized carbons (Fsp3) is 0.571. The van der Waals surface area contributed by atoms with E-state index in [2.05, 4.69) is 17.1 Å². The second-order valence-corrected chi connectivity index (χ2v) is 5.37. The molecule has 1 aliphatic rings. The van der Waals surface area contributed by atoms with E-state index in [9.17, 15) is 14.5 Å². The van der Waals surface area contributed by atoms with Crippen LogP contribution in [0.5, 0.6) is 0 Å². The van der Waals surface area contributed by atoms with E-state index in [-0.39, 0.29) is 5.69 Å². The summed E-state index contributed by atoms with van der Waals surface area (Å²) in [6.45, 7) is 5.95. The Hall–Kier alpha value is -1.69. The normalized spacial score (nSPS) is 17.1. The molecule has 110 valence electrons. The summed E-state index contributed by atoms with van der Waals surface area (Å²) in [5.41, 5.74) is 0.0963. The largest absolute Gasteiger partial charge is 0.381 e. The van der Waals surface area contributed by atoms with Gasteiger partial charge in [0.05, 0.1) is 16.7 Å². The lowest BCUT2D eigenvalue weighted by Crippen LogP contribution is -2.36. The van der Waals surface area contributed by atoms with Gasteiger partial charge in [0.1, 0.15) is 0 Å². The van der Waals surface area contributed by atoms with E-state index >= 15 is 0 Å². The molecule has 0 saturated carbocycles. The molecule has 1 N–H and O–H groups in total. The van der Waals surface area contributed by atoms with Gasteiger partial charge in [0, 0.05) is 19.2 Å². The molecule has 5 nitrogen and oxygen atoms in total. The Morgan fingerprint density at radius 1 is 1.45 bits per heavy atom. The summed E-state index contributed by atoms with van der Waals surface area (Å²) in [5.74, 6) is 0.220. The molecule has 0 amide bonds. The fourth-order valence-electron chi connectivity index (χ4n) is 2.40. The summed E-state index contributed by atoms with van der Waals surface area (Å²) < 4.78 is 13.6. The van der Waals surface area contributed by atoms with Crippen molar-refractivity contribution >= 4 is 11.4 Å². The molecule has 0 unspecified atom stereocenters. The van der Waals surface area contributed by atoms with Crippen LogP contribution in [0.3, 0.4) is 0 Å². The fourth-order valence-corrected chi connectivity index (χ4v) is 2.40. The third-order valence-electron chi connectivity index (χ3n) is 3.78. The van der Waals surface area contributed by atoms with Crippen molar-refractivity contribution in [2.24, 2.45) is 5.92 Å². The molecule has 0 aliphatic carbocycles. The van der Waals surface area contributed by atoms with Crippen LogP contribution in [-0.4, -0.2) is 36.0 Å². The van der Waals surface area contributed by atoms with Gasteiger partial charge in [0.2, 0.25) is 0 Å². The van der Waals surface area contributed by atoms with Gasteiger partial charge in [-0.15, -0.1) is 0 Å². The van der Waals surface area contributed by atoms with Crippen molar-refractivity contribution in [2.75, 3.05) is 31.5 Å². The van der Waals surface area contributed by atoms with Crippen LogP contribution in [0.1, 0.15) is 19.8 Å². The number of rotatable bonds is 5. The van der Waals surface area contributed by atoms with Crippen molar-refractivity contribution in [1.82, 2.24) is 4.90 Å². The minimum Gasteiger partial charge on any atom is -0.381 e. The molecule has 0 atom stereocenters. The molecule has 20 heavy (non-hydrogen) atoms. The van der Waals surface area contributed by atoms with Crippen molar-refractivity contribution in [2.45, 2.75) is 19.8 Å². The zero-order valence-electron chi connectivity index (χ0n) is 11.6. The highest BCUT2D eigenvalue weighted by molar-refractivity contribution is 5.50. The quantitative estimate of drug-likeness (QED) is 0.666. The molecule has 0 radical (unpaired) electrons. The van der Waals surface area contributed by atoms with E-state index in [1.54, 1.807) is 0 Å². The van der Waals surface area contributed by atoms with Crippen LogP contribution in [0.15, 0.2) is 18.2 Å². The number of nitro benzene ring substituents is 1. The van der Waals surface area contributed by atoms with Crippen LogP contribution in [0, 0.1) is 21.8 Å². The van der Waals surface area contributed by atoms with Gasteiger partial charge in [-0.2, -0.15) is 0 Å². The molecule has 6 heteroatoms. The molecule has 1 heterocycles. The van der Waals surface area contributed by atoms with E-state index in [0.29, 0.717) is 12.2 Å². The summed E-state index contributed by atoms with van der Waals surface area (Å²) in [7, 11) is 0. The average molecular weight is 281 g/mol. The van der Waals surface area contributed by atoms with E-state index in [0.717, 1.165) is 31.6 Å². The van der Waals surface area contributed by atoms with Crippen LogP contribution in [0.25, 0.3) is 0 Å². The SMILES string of the molecule is CC1CCN(CCNc2ccc([N+](=O)[O-])cc2F)CC1. The standard InChI is InChI=1S/C14H20FN3O2/c1-11-4-7-17(8-5-11)9-6-16-14-3-2-12(18(19)20)10-13(14)15/h2-3,10-11,16H,4-9H2,1H3. The van der Waals surface area contributed by atoms with E-state index in [1.165, 1.54) is 25.0 Å². The molecule has 1 saturated heterocycles. The summed E-state index contributed by atoms with van der Waals surface area (Å²) in [5, 5.41) is 13.5. The Morgan fingerprint density at radius 2 is 2.15 bits per heavy atom. The van der Waals surface area contributed by atoms with Crippen molar-refractivity contribution in [1.29, 1.82) is 0 Å². The monoisotopic (exact) mass is 281 g/mol. The van der Waals surface area contributed by atoms with Crippen molar-refractivity contribution < 1.29 is 9.31 Å². The summed E-state index contributed by atoms with van der Waals surface area (Å²) in [4.78, 5) is 12.3. The molecule has 2 rings (SSSR count). The minimum atomic E-state index is -0.595. The van der Waals surface area contributed by atoms with Gasteiger partial charge in [0.25, 0.3) is 5.69 Å². The topological polar surface area (TPSA) is 58.4 Å². The van der Waals surface area contributed by atoms with Gasteiger partial charge in [-0.1, -0.05) is 6.92 Å². The molecule has 0 spiro atoms. The van der Waals surface area contributed by atoms with Gasteiger partial charge in [-0.3, -0.25) is 10.1 Å². The number of benzene rings is 1. The number of halogens is 1. The van der Waals surface area contributed by atoms with Gasteiger partial charge < -0.3 is 10.2 Å². The third kappa shape index (κ3) is 3.90. The predicted octanol–water partition coefficient (Wildman–Crippen LogP) is 2.88. The Morgan fingerprint density at radius 3 is 2.75 bits per heavy atom. The minimum absolute atomic E-state index is 0.224. The highest BCUT2D eigenvalue weighted by atomic mass is 19.1. The third-order valence-corrected chi connectivity index (χ3v) is 3.78. The molecule has 1 aliphatic heterocycles. The zero-order valence-corrected chi connectivity index (χ0v) is 11.6. The maximum absolute atomic E-state index is 13.6. The Balaban J connectivity index is 1.81. The van der Waals surface area contributed by atoms with Gasteiger partial charge in [-0.25, -0.2) is 4.39 Å². The summed E-state index contributed by atoms with van der Waals surface area (Å²) in [6, 6.07) is 3.69. The lowest BCUT2D eigenvalue weighted by Gasteiger charge is -2.30. The second-order valence-electron chi connectivity index (χ2n) is 5.37. The number of piperidine rings is 1. The molecule has 1 fully saturated rings. The molecule has 0 bridgehead atoms. The predicted molar refractivity (Wildman–Crippen MR) is 76.4 cm³/mol. The first-order valence-corrected chi connectivity index (χ1v) is 6.96. The van der Waals surface area contributed by atoms with Gasteiger partial charge in [-0.05, 0) is 37.9 Å². The number of hydrogen-bond donors (Lipinski definition) is 1. The Bertz CT molecular complexity index is 473. The maximum Gasteiger partial charge on any atom is 0.272 e. The number of hydrogen-bond acceptors (Lipinski definition) is 4. The Kier molecular flexibility index (Phi) is 4.89. The van der Waals surface area contributed by atoms with Crippen molar-refractivity contribution in [3.05, 3.63) is 34.1 Å². The number of non-ortho nitro benzene ring substituents is 1. The van der Waals surface area contributed by atoms with Crippen molar-refractivity contribution in [3.8, 4) is 0 Å². The first-order valence-electron chi connectivity index (χ1n) is 6.96. The van der Waals surface area contributed by atoms with Crippen LogP contribution in [0.4, 0.5) is 15.8 Å². The smallest absolute Gasteiger partial charge is 0.272 e. The van der Waals surface area contributed by atoms with E-state index < -0.39 is 10.7 Å². The zero-order chi connectivity index (χ0) is 14.5. The summed E-state index contributed by atoms with van der Waals surface area (Å²) >= 11 is 0.